The highest BCUT2D eigenvalue weighted by molar-refractivity contribution is 8.41. The van der Waals surface area contributed by atoms with Gasteiger partial charge in [-0.1, -0.05) is 12.2 Å². The fraction of sp³-hybridized carbons (Fsp3) is 0.312. The van der Waals surface area contributed by atoms with Crippen LogP contribution in [0.25, 0.3) is 28.9 Å². The van der Waals surface area contributed by atoms with E-state index in [9.17, 15) is 4.79 Å². The number of aromatic nitrogens is 4. The Hall–Kier alpha value is -2.21. The van der Waals surface area contributed by atoms with Crippen molar-refractivity contribution >= 4 is 43.1 Å². The minimum Gasteiger partial charge on any atom is -0.461 e. The van der Waals surface area contributed by atoms with E-state index in [1.807, 2.05) is 6.92 Å². The van der Waals surface area contributed by atoms with E-state index in [1.54, 1.807) is 25.4 Å². The maximum atomic E-state index is 11.9. The number of fused-ring (bicyclic) bond motifs is 1. The van der Waals surface area contributed by atoms with E-state index in [1.165, 1.54) is 16.9 Å². The number of hydrogen-bond donors (Lipinski definition) is 5. The second-order valence-electron chi connectivity index (χ2n) is 4.81. The molecule has 0 spiro atoms. The van der Waals surface area contributed by atoms with E-state index in [0.717, 1.165) is 7.11 Å². The third kappa shape index (κ3) is 6.96. The lowest BCUT2D eigenvalue weighted by atomic mass is 10.4. The number of imidazole rings is 1. The number of H-pyrrole nitrogens is 1. The molecule has 160 valence electrons. The zero-order valence-electron chi connectivity index (χ0n) is 16.1. The molecule has 5 N–H and O–H groups in total. The van der Waals surface area contributed by atoms with Crippen molar-refractivity contribution in [3.8, 4) is 11.6 Å². The molecule has 13 heteroatoms. The number of hydrogen-bond acceptors (Lipinski definition) is 10. The van der Waals surface area contributed by atoms with Gasteiger partial charge >= 0.3 is 0 Å². The summed E-state index contributed by atoms with van der Waals surface area (Å²) in [4.78, 5) is 22.5. The summed E-state index contributed by atoms with van der Waals surface area (Å²) in [5, 5.41) is 15.9. The second kappa shape index (κ2) is 13.1. The van der Waals surface area contributed by atoms with Crippen molar-refractivity contribution in [3.63, 3.8) is 0 Å². The van der Waals surface area contributed by atoms with Gasteiger partial charge in [0.1, 0.15) is 0 Å². The predicted molar refractivity (Wildman–Crippen MR) is 115 cm³/mol. The minimum absolute atomic E-state index is 0.00737. The topological polar surface area (TPSA) is 162 Å². The molecular formula is C16H24N5O6PS. The molecule has 0 aromatic carbocycles. The average molecular weight is 445 g/mol. The summed E-state index contributed by atoms with van der Waals surface area (Å²) in [6, 6.07) is 3.42. The predicted octanol–water partition coefficient (Wildman–Crippen LogP) is 1.86. The number of nitrogens with one attached hydrogen (secondary N) is 1. The molecule has 0 amide bonds. The number of anilines is 1. The zero-order chi connectivity index (χ0) is 21.8. The largest absolute Gasteiger partial charge is 0.461 e. The number of aliphatic hydroxyl groups is 2. The fourth-order valence-electron chi connectivity index (χ4n) is 2.04. The lowest BCUT2D eigenvalue weighted by Crippen LogP contribution is -2.11. The summed E-state index contributed by atoms with van der Waals surface area (Å²) in [7, 11) is 1.69. The Morgan fingerprint density at radius 3 is 2.69 bits per heavy atom. The molecule has 0 aliphatic heterocycles. The van der Waals surface area contributed by atoms with Crippen molar-refractivity contribution in [2.24, 2.45) is 0 Å². The fourth-order valence-corrected chi connectivity index (χ4v) is 2.71. The molecule has 3 heterocycles. The van der Waals surface area contributed by atoms with Crippen molar-refractivity contribution in [2.75, 3.05) is 33.2 Å². The number of thiol groups is 1. The Kier molecular flexibility index (Phi) is 11.2. The Morgan fingerprint density at radius 1 is 1.45 bits per heavy atom. The first-order valence-electron chi connectivity index (χ1n) is 8.21. The standard InChI is InChI=1S/C12H11N5O3.C3H9O2PS.CH4O/c13-12-15-10-8(11(19)16-12)14-9(7-3-1-6-20-7)17(10)4-2-5-18;1-3-5-6(7)4-2;1-2/h1-4,6,18H,5H2,(H3,13,15,16,19);7H,3H2,1-2H3;2H,1H3. The van der Waals surface area contributed by atoms with Gasteiger partial charge in [0, 0.05) is 20.4 Å². The highest BCUT2D eigenvalue weighted by atomic mass is 32.7. The Bertz CT molecular complexity index is 943. The molecule has 29 heavy (non-hydrogen) atoms. The quantitative estimate of drug-likeness (QED) is 0.282. The van der Waals surface area contributed by atoms with Crippen LogP contribution < -0.4 is 11.3 Å². The summed E-state index contributed by atoms with van der Waals surface area (Å²) in [5.41, 5.74) is 5.55. The summed E-state index contributed by atoms with van der Waals surface area (Å²) >= 11 is 3.93. The SMILES string of the molecule is CCOP(S)OC.CO.Nc1nc2c(nc(-c3ccco3)n2C=CCO)c(=O)[nH]1. The third-order valence-corrected chi connectivity index (χ3v) is 4.69. The van der Waals surface area contributed by atoms with Crippen LogP contribution in [0.15, 0.2) is 33.7 Å². The Morgan fingerprint density at radius 2 is 2.17 bits per heavy atom. The smallest absolute Gasteiger partial charge is 0.280 e. The highest BCUT2D eigenvalue weighted by Gasteiger charge is 2.17. The van der Waals surface area contributed by atoms with E-state index in [4.69, 9.17) is 29.4 Å². The first-order chi connectivity index (χ1) is 14.0. The Balaban J connectivity index is 0.000000399. The van der Waals surface area contributed by atoms with Gasteiger partial charge in [0.15, 0.2) is 22.7 Å². The number of nitrogens with zero attached hydrogens (tertiary/aromatic N) is 3. The van der Waals surface area contributed by atoms with Crippen LogP contribution in [0.1, 0.15) is 6.92 Å². The molecule has 0 bridgehead atoms. The second-order valence-corrected chi connectivity index (χ2v) is 6.89. The van der Waals surface area contributed by atoms with Crippen molar-refractivity contribution in [2.45, 2.75) is 6.92 Å². The first kappa shape index (κ1) is 24.8. The van der Waals surface area contributed by atoms with E-state index in [2.05, 4.69) is 27.2 Å². The van der Waals surface area contributed by atoms with Crippen LogP contribution in [0.4, 0.5) is 5.95 Å². The maximum absolute atomic E-state index is 11.9. The molecule has 3 rings (SSSR count). The van der Waals surface area contributed by atoms with Gasteiger partial charge in [-0.05, 0) is 25.1 Å². The molecule has 1 atom stereocenters. The van der Waals surface area contributed by atoms with Crippen molar-refractivity contribution in [3.05, 3.63) is 34.8 Å². The van der Waals surface area contributed by atoms with Crippen LogP contribution in [-0.2, 0) is 9.05 Å². The molecule has 3 aromatic rings. The van der Waals surface area contributed by atoms with Crippen LogP contribution in [0.5, 0.6) is 0 Å². The van der Waals surface area contributed by atoms with Crippen LogP contribution in [0, 0.1) is 0 Å². The zero-order valence-corrected chi connectivity index (χ0v) is 17.9. The van der Waals surface area contributed by atoms with Gasteiger partial charge in [-0.2, -0.15) is 4.98 Å². The number of furan rings is 1. The van der Waals surface area contributed by atoms with Crippen molar-refractivity contribution in [1.29, 1.82) is 0 Å². The lowest BCUT2D eigenvalue weighted by molar-refractivity contribution is 0.313. The van der Waals surface area contributed by atoms with E-state index < -0.39 is 13.1 Å². The molecule has 0 radical (unpaired) electrons. The van der Waals surface area contributed by atoms with Gasteiger partial charge in [-0.3, -0.25) is 14.3 Å². The molecule has 1 unspecified atom stereocenters. The maximum Gasteiger partial charge on any atom is 0.280 e. The molecule has 0 fully saturated rings. The summed E-state index contributed by atoms with van der Waals surface area (Å²) in [6.07, 6.45) is 4.55. The molecule has 11 nitrogen and oxygen atoms in total. The number of rotatable bonds is 6. The summed E-state index contributed by atoms with van der Waals surface area (Å²) in [6.45, 7) is 2.42. The molecule has 3 aromatic heterocycles. The van der Waals surface area contributed by atoms with Gasteiger partial charge < -0.3 is 29.4 Å². The van der Waals surface area contributed by atoms with E-state index >= 15 is 0 Å². The number of aliphatic hydroxyl groups excluding tert-OH is 2. The van der Waals surface area contributed by atoms with E-state index in [0.29, 0.717) is 23.8 Å². The minimum atomic E-state index is -0.884. The number of aromatic amines is 1. The van der Waals surface area contributed by atoms with Gasteiger partial charge in [0.05, 0.1) is 19.5 Å². The molecule has 0 saturated carbocycles. The van der Waals surface area contributed by atoms with Gasteiger partial charge in [-0.15, -0.1) is 0 Å². The van der Waals surface area contributed by atoms with Crippen LogP contribution >= 0.6 is 19.8 Å². The first-order valence-corrected chi connectivity index (χ1v) is 10.5. The number of nitrogens with two attached hydrogens (primary N) is 1. The normalized spacial score (nSPS) is 11.7. The summed E-state index contributed by atoms with van der Waals surface area (Å²) in [5.74, 6) is 0.869. The number of nitrogen functional groups attached to an aromatic ring is 1. The van der Waals surface area contributed by atoms with Crippen molar-refractivity contribution < 1.29 is 23.7 Å². The van der Waals surface area contributed by atoms with Crippen LogP contribution in [0.3, 0.4) is 0 Å². The van der Waals surface area contributed by atoms with Gasteiger partial charge in [0.25, 0.3) is 5.56 Å². The lowest BCUT2D eigenvalue weighted by Gasteiger charge is -2.03. The van der Waals surface area contributed by atoms with Gasteiger partial charge in [-0.25, -0.2) is 4.98 Å². The Labute approximate surface area is 173 Å². The van der Waals surface area contributed by atoms with E-state index in [-0.39, 0.29) is 18.1 Å². The van der Waals surface area contributed by atoms with Crippen LogP contribution in [-0.4, -0.2) is 57.2 Å². The average Bonchev–Trinajstić information content (AvgIpc) is 3.36. The molecule has 0 aliphatic rings. The summed E-state index contributed by atoms with van der Waals surface area (Å²) < 4.78 is 16.4. The monoisotopic (exact) mass is 445 g/mol. The third-order valence-electron chi connectivity index (χ3n) is 3.07. The van der Waals surface area contributed by atoms with Crippen molar-refractivity contribution in [1.82, 2.24) is 19.5 Å². The van der Waals surface area contributed by atoms with Crippen LogP contribution in [0.2, 0.25) is 0 Å². The molecule has 0 aliphatic carbocycles. The molecular weight excluding hydrogens is 421 g/mol. The van der Waals surface area contributed by atoms with Gasteiger partial charge in [0.2, 0.25) is 13.5 Å². The highest BCUT2D eigenvalue weighted by Crippen LogP contribution is 2.41. The molecule has 0 saturated heterocycles.